The van der Waals surface area contributed by atoms with E-state index >= 15 is 0 Å². The minimum absolute atomic E-state index is 0.115. The Balaban J connectivity index is 3.53. The fraction of sp³-hybridized carbons (Fsp3) is 0.667. The van der Waals surface area contributed by atoms with Crippen molar-refractivity contribution in [3.8, 4) is 0 Å². The van der Waals surface area contributed by atoms with Gasteiger partial charge >= 0.3 is 0 Å². The Kier molecular flexibility index (Phi) is 7.17. The van der Waals surface area contributed by atoms with Crippen LogP contribution in [-0.4, -0.2) is 44.4 Å². The molecule has 2 N–H and O–H groups in total. The van der Waals surface area contributed by atoms with Gasteiger partial charge in [-0.15, -0.1) is 0 Å². The van der Waals surface area contributed by atoms with E-state index in [0.29, 0.717) is 13.2 Å². The fourth-order valence-corrected chi connectivity index (χ4v) is 0.822. The van der Waals surface area contributed by atoms with Crippen molar-refractivity contribution in [1.82, 2.24) is 10.6 Å². The van der Waals surface area contributed by atoms with Gasteiger partial charge in [0.2, 0.25) is 11.8 Å². The molecule has 0 heterocycles. The predicted molar refractivity (Wildman–Crippen MR) is 53.2 cm³/mol. The number of hydrogen-bond acceptors (Lipinski definition) is 4. The standard InChI is InChI=1S/C9H16N2O4/c1-7(12)5-8(13)11-6-9(14)10-3-4-15-2/h3-6H2,1-2H3,(H,10,14)(H,11,13). The summed E-state index contributed by atoms with van der Waals surface area (Å²) in [5.74, 6) is -0.972. The summed E-state index contributed by atoms with van der Waals surface area (Å²) < 4.78 is 4.72. The molecule has 0 unspecified atom stereocenters. The zero-order valence-corrected chi connectivity index (χ0v) is 8.96. The van der Waals surface area contributed by atoms with Crippen LogP contribution in [0.4, 0.5) is 0 Å². The van der Waals surface area contributed by atoms with Gasteiger partial charge in [0.1, 0.15) is 5.78 Å². The van der Waals surface area contributed by atoms with Crippen LogP contribution in [0.25, 0.3) is 0 Å². The number of methoxy groups -OCH3 is 1. The normalized spacial score (nSPS) is 9.47. The molecule has 0 spiro atoms. The van der Waals surface area contributed by atoms with E-state index < -0.39 is 5.91 Å². The first kappa shape index (κ1) is 13.6. The SMILES string of the molecule is COCCNC(=O)CNC(=O)CC(C)=O. The second-order valence-electron chi connectivity index (χ2n) is 3.00. The predicted octanol–water partition coefficient (Wildman–Crippen LogP) is -1.16. The summed E-state index contributed by atoms with van der Waals surface area (Å²) in [6.45, 7) is 2.03. The molecule has 0 aromatic rings. The lowest BCUT2D eigenvalue weighted by molar-refractivity contribution is -0.129. The molecule has 6 nitrogen and oxygen atoms in total. The molecule has 0 atom stereocenters. The molecule has 0 saturated heterocycles. The molecule has 0 radical (unpaired) electrons. The highest BCUT2D eigenvalue weighted by Crippen LogP contribution is 1.80. The average molecular weight is 216 g/mol. The minimum Gasteiger partial charge on any atom is -0.383 e. The van der Waals surface area contributed by atoms with Gasteiger partial charge in [0.25, 0.3) is 0 Å². The zero-order chi connectivity index (χ0) is 11.7. The van der Waals surface area contributed by atoms with Gasteiger partial charge < -0.3 is 15.4 Å². The number of hydrogen-bond donors (Lipinski definition) is 2. The highest BCUT2D eigenvalue weighted by molar-refractivity contribution is 5.97. The highest BCUT2D eigenvalue weighted by Gasteiger charge is 2.06. The molecule has 0 saturated carbocycles. The molecule has 6 heteroatoms. The van der Waals surface area contributed by atoms with Crippen LogP contribution in [-0.2, 0) is 19.1 Å². The molecule has 0 aliphatic heterocycles. The molecule has 2 amide bonds. The summed E-state index contributed by atoms with van der Waals surface area (Å²) in [7, 11) is 1.53. The Bertz CT molecular complexity index is 240. The quantitative estimate of drug-likeness (QED) is 0.415. The first-order chi connectivity index (χ1) is 7.06. The second kappa shape index (κ2) is 7.93. The monoisotopic (exact) mass is 216 g/mol. The van der Waals surface area contributed by atoms with E-state index in [4.69, 9.17) is 4.74 Å². The minimum atomic E-state index is -0.440. The number of Topliss-reactive ketones (excluding diaryl/α,β-unsaturated/α-hetero) is 1. The zero-order valence-electron chi connectivity index (χ0n) is 8.96. The Morgan fingerprint density at radius 2 is 1.80 bits per heavy atom. The average Bonchev–Trinajstić information content (AvgIpc) is 2.14. The van der Waals surface area contributed by atoms with Gasteiger partial charge in [-0.25, -0.2) is 0 Å². The van der Waals surface area contributed by atoms with Gasteiger partial charge in [0.05, 0.1) is 19.6 Å². The summed E-state index contributed by atoms with van der Waals surface area (Å²) >= 11 is 0. The third-order valence-electron chi connectivity index (χ3n) is 1.48. The maximum absolute atomic E-state index is 11.0. The van der Waals surface area contributed by atoms with Crippen molar-refractivity contribution in [3.05, 3.63) is 0 Å². The fourth-order valence-electron chi connectivity index (χ4n) is 0.822. The van der Waals surface area contributed by atoms with E-state index in [1.54, 1.807) is 0 Å². The van der Waals surface area contributed by atoms with Crippen LogP contribution in [0, 0.1) is 0 Å². The Labute approximate surface area is 88.4 Å². The van der Waals surface area contributed by atoms with Gasteiger partial charge in [-0.05, 0) is 6.92 Å². The lowest BCUT2D eigenvalue weighted by atomic mass is 10.3. The second-order valence-corrected chi connectivity index (χ2v) is 3.00. The van der Waals surface area contributed by atoms with E-state index in [1.807, 2.05) is 0 Å². The molecule has 0 fully saturated rings. The number of amides is 2. The maximum atomic E-state index is 11.0. The number of ketones is 1. The van der Waals surface area contributed by atoms with Crippen LogP contribution in [0.3, 0.4) is 0 Å². The van der Waals surface area contributed by atoms with E-state index in [2.05, 4.69) is 10.6 Å². The van der Waals surface area contributed by atoms with Gasteiger partial charge in [-0.1, -0.05) is 0 Å². The molecule has 15 heavy (non-hydrogen) atoms. The Morgan fingerprint density at radius 1 is 1.13 bits per heavy atom. The van der Waals surface area contributed by atoms with Crippen molar-refractivity contribution in [2.75, 3.05) is 26.8 Å². The third kappa shape index (κ3) is 8.89. The molecule has 0 aromatic heterocycles. The van der Waals surface area contributed by atoms with Crippen LogP contribution in [0.15, 0.2) is 0 Å². The van der Waals surface area contributed by atoms with Gasteiger partial charge in [0, 0.05) is 13.7 Å². The van der Waals surface area contributed by atoms with E-state index in [1.165, 1.54) is 14.0 Å². The number of ether oxygens (including phenoxy) is 1. The highest BCUT2D eigenvalue weighted by atomic mass is 16.5. The number of rotatable bonds is 7. The van der Waals surface area contributed by atoms with Gasteiger partial charge in [0.15, 0.2) is 0 Å². The smallest absolute Gasteiger partial charge is 0.239 e. The molecule has 86 valence electrons. The summed E-state index contributed by atoms with van der Waals surface area (Å²) in [5, 5.41) is 4.86. The molecular weight excluding hydrogens is 200 g/mol. The molecular formula is C9H16N2O4. The van der Waals surface area contributed by atoms with Crippen LogP contribution < -0.4 is 10.6 Å². The summed E-state index contributed by atoms with van der Waals surface area (Å²) in [6, 6.07) is 0. The van der Waals surface area contributed by atoms with Gasteiger partial charge in [-0.2, -0.15) is 0 Å². The van der Waals surface area contributed by atoms with Crippen LogP contribution in [0.2, 0.25) is 0 Å². The van der Waals surface area contributed by atoms with Crippen LogP contribution >= 0.6 is 0 Å². The number of nitrogens with one attached hydrogen (secondary N) is 2. The molecule has 0 aliphatic rings. The lowest BCUT2D eigenvalue weighted by Crippen LogP contribution is -2.38. The topological polar surface area (TPSA) is 84.5 Å². The van der Waals surface area contributed by atoms with Crippen LogP contribution in [0.1, 0.15) is 13.3 Å². The Hall–Kier alpha value is -1.43. The first-order valence-corrected chi connectivity index (χ1v) is 4.58. The summed E-state index contributed by atoms with van der Waals surface area (Å²) in [5.41, 5.74) is 0. The summed E-state index contributed by atoms with van der Waals surface area (Å²) in [6.07, 6.45) is -0.189. The Morgan fingerprint density at radius 3 is 2.33 bits per heavy atom. The van der Waals surface area contributed by atoms with Crippen molar-refractivity contribution in [2.45, 2.75) is 13.3 Å². The van der Waals surface area contributed by atoms with E-state index in [-0.39, 0.29) is 24.7 Å². The van der Waals surface area contributed by atoms with Gasteiger partial charge in [-0.3, -0.25) is 14.4 Å². The van der Waals surface area contributed by atoms with Crippen molar-refractivity contribution >= 4 is 17.6 Å². The summed E-state index contributed by atoms with van der Waals surface area (Å²) in [4.78, 5) is 32.5. The van der Waals surface area contributed by atoms with Crippen molar-refractivity contribution in [3.63, 3.8) is 0 Å². The largest absolute Gasteiger partial charge is 0.383 e. The van der Waals surface area contributed by atoms with Crippen LogP contribution in [0.5, 0.6) is 0 Å². The number of carbonyl (C=O) groups is 3. The number of carbonyl (C=O) groups excluding carboxylic acids is 3. The molecule has 0 bridgehead atoms. The first-order valence-electron chi connectivity index (χ1n) is 4.58. The van der Waals surface area contributed by atoms with Crippen molar-refractivity contribution in [2.24, 2.45) is 0 Å². The van der Waals surface area contributed by atoms with Crippen molar-refractivity contribution in [1.29, 1.82) is 0 Å². The molecule has 0 aromatic carbocycles. The van der Waals surface area contributed by atoms with E-state index in [9.17, 15) is 14.4 Å². The lowest BCUT2D eigenvalue weighted by Gasteiger charge is -2.05. The molecule has 0 aliphatic carbocycles. The van der Waals surface area contributed by atoms with E-state index in [0.717, 1.165) is 0 Å². The van der Waals surface area contributed by atoms with Crippen molar-refractivity contribution < 1.29 is 19.1 Å². The third-order valence-corrected chi connectivity index (χ3v) is 1.48. The molecule has 0 rings (SSSR count). The maximum Gasteiger partial charge on any atom is 0.239 e.